The summed E-state index contributed by atoms with van der Waals surface area (Å²) >= 11 is 7.56. The van der Waals surface area contributed by atoms with Crippen molar-refractivity contribution in [1.29, 1.82) is 0 Å². The van der Waals surface area contributed by atoms with Crippen molar-refractivity contribution in [2.45, 2.75) is 24.2 Å². The lowest BCUT2D eigenvalue weighted by Gasteiger charge is -2.13. The zero-order chi connectivity index (χ0) is 15.5. The molecular weight excluding hydrogens is 322 g/mol. The molecule has 0 spiro atoms. The number of hydrogen-bond acceptors (Lipinski definition) is 4. The highest BCUT2D eigenvalue weighted by molar-refractivity contribution is 7.99. The first-order chi connectivity index (χ1) is 10.6. The number of nitrogens with one attached hydrogen (secondary N) is 1. The van der Waals surface area contributed by atoms with Crippen LogP contribution in [0.2, 0.25) is 5.02 Å². The maximum atomic E-state index is 12.1. The SMILES string of the molecule is O=C(C[C@@H]1CSc2nccc(=O)n21)NCc1ccccc1Cl. The van der Waals surface area contributed by atoms with Crippen molar-refractivity contribution in [1.82, 2.24) is 14.9 Å². The summed E-state index contributed by atoms with van der Waals surface area (Å²) in [5.41, 5.74) is 0.761. The predicted molar refractivity (Wildman–Crippen MR) is 86.2 cm³/mol. The third-order valence-corrected chi connectivity index (χ3v) is 4.95. The summed E-state index contributed by atoms with van der Waals surface area (Å²) in [6.45, 7) is 0.382. The zero-order valence-electron chi connectivity index (χ0n) is 11.7. The van der Waals surface area contributed by atoms with Gasteiger partial charge in [0, 0.05) is 36.0 Å². The van der Waals surface area contributed by atoms with Gasteiger partial charge in [0.2, 0.25) is 5.91 Å². The molecule has 0 fully saturated rings. The molecule has 1 aliphatic heterocycles. The van der Waals surface area contributed by atoms with Crippen molar-refractivity contribution >= 4 is 29.3 Å². The molecule has 22 heavy (non-hydrogen) atoms. The highest BCUT2D eigenvalue weighted by atomic mass is 35.5. The van der Waals surface area contributed by atoms with Crippen LogP contribution in [-0.2, 0) is 11.3 Å². The second kappa shape index (κ2) is 6.54. The van der Waals surface area contributed by atoms with Crippen LogP contribution in [0.1, 0.15) is 18.0 Å². The molecule has 0 unspecified atom stereocenters. The molecule has 0 radical (unpaired) electrons. The van der Waals surface area contributed by atoms with Crippen LogP contribution >= 0.6 is 23.4 Å². The van der Waals surface area contributed by atoms with E-state index in [0.717, 1.165) is 5.56 Å². The Kier molecular flexibility index (Phi) is 4.49. The maximum Gasteiger partial charge on any atom is 0.254 e. The minimum absolute atomic E-state index is 0.103. The van der Waals surface area contributed by atoms with Crippen LogP contribution in [0.15, 0.2) is 46.5 Å². The second-order valence-electron chi connectivity index (χ2n) is 4.97. The standard InChI is InChI=1S/C15H14ClN3O2S/c16-12-4-2-1-3-10(12)8-18-13(20)7-11-9-22-15-17-6-5-14(21)19(11)15/h1-6,11H,7-9H2,(H,18,20)/t11-/m1/s1. The van der Waals surface area contributed by atoms with Gasteiger partial charge in [0.05, 0.1) is 6.04 Å². The molecule has 3 rings (SSSR count). The zero-order valence-corrected chi connectivity index (χ0v) is 13.2. The lowest BCUT2D eigenvalue weighted by molar-refractivity contribution is -0.121. The number of aromatic nitrogens is 2. The van der Waals surface area contributed by atoms with Gasteiger partial charge < -0.3 is 5.32 Å². The minimum atomic E-state index is -0.146. The largest absolute Gasteiger partial charge is 0.352 e. The van der Waals surface area contributed by atoms with Crippen LogP contribution in [0.4, 0.5) is 0 Å². The van der Waals surface area contributed by atoms with E-state index in [1.54, 1.807) is 10.6 Å². The van der Waals surface area contributed by atoms with Gasteiger partial charge in [-0.25, -0.2) is 4.98 Å². The summed E-state index contributed by atoms with van der Waals surface area (Å²) in [7, 11) is 0. The summed E-state index contributed by atoms with van der Waals surface area (Å²) in [5, 5.41) is 4.16. The Morgan fingerprint density at radius 1 is 1.41 bits per heavy atom. The fraction of sp³-hybridized carbons (Fsp3) is 0.267. The van der Waals surface area contributed by atoms with Crippen molar-refractivity contribution < 1.29 is 4.79 Å². The van der Waals surface area contributed by atoms with Gasteiger partial charge in [-0.05, 0) is 11.6 Å². The fourth-order valence-electron chi connectivity index (χ4n) is 2.36. The number of nitrogens with zero attached hydrogens (tertiary/aromatic N) is 2. The van der Waals surface area contributed by atoms with E-state index in [9.17, 15) is 9.59 Å². The summed E-state index contributed by atoms with van der Waals surface area (Å²) in [6.07, 6.45) is 1.76. The summed E-state index contributed by atoms with van der Waals surface area (Å²) in [5.74, 6) is 0.584. The van der Waals surface area contributed by atoms with Gasteiger partial charge in [0.1, 0.15) is 0 Å². The molecule has 1 aromatic carbocycles. The van der Waals surface area contributed by atoms with Gasteiger partial charge in [-0.3, -0.25) is 14.2 Å². The first kappa shape index (κ1) is 15.1. The van der Waals surface area contributed by atoms with Crippen molar-refractivity contribution in [3.63, 3.8) is 0 Å². The van der Waals surface area contributed by atoms with E-state index < -0.39 is 0 Å². The monoisotopic (exact) mass is 335 g/mol. The first-order valence-electron chi connectivity index (χ1n) is 6.85. The molecular formula is C15H14ClN3O2S. The molecule has 1 N–H and O–H groups in total. The van der Waals surface area contributed by atoms with E-state index in [4.69, 9.17) is 11.6 Å². The Morgan fingerprint density at radius 2 is 2.23 bits per heavy atom. The number of hydrogen-bond donors (Lipinski definition) is 1. The van der Waals surface area contributed by atoms with Crippen LogP contribution in [0.3, 0.4) is 0 Å². The predicted octanol–water partition coefficient (Wildman–Crippen LogP) is 2.25. The second-order valence-corrected chi connectivity index (χ2v) is 6.37. The average Bonchev–Trinajstić information content (AvgIpc) is 2.91. The number of fused-ring (bicyclic) bond motifs is 1. The van der Waals surface area contributed by atoms with Gasteiger partial charge in [0.25, 0.3) is 5.56 Å². The van der Waals surface area contributed by atoms with Gasteiger partial charge in [-0.1, -0.05) is 41.6 Å². The molecule has 5 nitrogen and oxygen atoms in total. The molecule has 0 aliphatic carbocycles. The molecule has 0 bridgehead atoms. The molecule has 2 heterocycles. The molecule has 0 saturated carbocycles. The molecule has 1 atom stereocenters. The number of halogens is 1. The Balaban J connectivity index is 1.62. The van der Waals surface area contributed by atoms with Gasteiger partial charge in [0.15, 0.2) is 5.16 Å². The molecule has 114 valence electrons. The highest BCUT2D eigenvalue weighted by Gasteiger charge is 2.26. The van der Waals surface area contributed by atoms with E-state index in [0.29, 0.717) is 22.5 Å². The third-order valence-electron chi connectivity index (χ3n) is 3.47. The van der Waals surface area contributed by atoms with E-state index in [1.807, 2.05) is 18.2 Å². The van der Waals surface area contributed by atoms with Crippen LogP contribution in [0.25, 0.3) is 0 Å². The van der Waals surface area contributed by atoms with Gasteiger partial charge >= 0.3 is 0 Å². The fourth-order valence-corrected chi connectivity index (χ4v) is 3.69. The topological polar surface area (TPSA) is 64.0 Å². The third kappa shape index (κ3) is 3.18. The van der Waals surface area contributed by atoms with Crippen molar-refractivity contribution in [3.8, 4) is 0 Å². The van der Waals surface area contributed by atoms with E-state index in [2.05, 4.69) is 10.3 Å². The number of carbonyl (C=O) groups excluding carboxylic acids is 1. The molecule has 0 saturated heterocycles. The Labute approximate surface area is 136 Å². The first-order valence-corrected chi connectivity index (χ1v) is 8.22. The van der Waals surface area contributed by atoms with Crippen molar-refractivity contribution in [2.24, 2.45) is 0 Å². The summed E-state index contributed by atoms with van der Waals surface area (Å²) in [4.78, 5) is 28.2. The normalized spacial score (nSPS) is 16.3. The smallest absolute Gasteiger partial charge is 0.254 e. The van der Waals surface area contributed by atoms with E-state index >= 15 is 0 Å². The number of carbonyl (C=O) groups is 1. The number of amides is 1. The van der Waals surface area contributed by atoms with Crippen LogP contribution in [0, 0.1) is 0 Å². The highest BCUT2D eigenvalue weighted by Crippen LogP contribution is 2.31. The summed E-state index contributed by atoms with van der Waals surface area (Å²) < 4.78 is 1.60. The minimum Gasteiger partial charge on any atom is -0.352 e. The van der Waals surface area contributed by atoms with E-state index in [1.165, 1.54) is 24.0 Å². The lowest BCUT2D eigenvalue weighted by Crippen LogP contribution is -2.30. The van der Waals surface area contributed by atoms with Crippen LogP contribution < -0.4 is 10.9 Å². The Morgan fingerprint density at radius 3 is 3.05 bits per heavy atom. The quantitative estimate of drug-likeness (QED) is 0.870. The molecule has 1 amide bonds. The van der Waals surface area contributed by atoms with Crippen molar-refractivity contribution in [3.05, 3.63) is 57.5 Å². The molecule has 1 aliphatic rings. The molecule has 2 aromatic rings. The number of benzene rings is 1. The lowest BCUT2D eigenvalue weighted by atomic mass is 10.2. The van der Waals surface area contributed by atoms with E-state index in [-0.39, 0.29) is 23.9 Å². The van der Waals surface area contributed by atoms with Crippen LogP contribution in [-0.4, -0.2) is 21.2 Å². The maximum absolute atomic E-state index is 12.1. The number of thioether (sulfide) groups is 1. The van der Waals surface area contributed by atoms with Gasteiger partial charge in [-0.2, -0.15) is 0 Å². The summed E-state index contributed by atoms with van der Waals surface area (Å²) in [6, 6.07) is 8.66. The van der Waals surface area contributed by atoms with Crippen LogP contribution in [0.5, 0.6) is 0 Å². The average molecular weight is 336 g/mol. The number of rotatable bonds is 4. The molecule has 1 aromatic heterocycles. The molecule has 7 heteroatoms. The Bertz CT molecular complexity index is 762. The van der Waals surface area contributed by atoms with Crippen molar-refractivity contribution in [2.75, 3.05) is 5.75 Å². The van der Waals surface area contributed by atoms with Gasteiger partial charge in [-0.15, -0.1) is 0 Å². The Hall–Kier alpha value is -1.79.